The van der Waals surface area contributed by atoms with Crippen molar-refractivity contribution >= 4 is 21.7 Å². The monoisotopic (exact) mass is 296 g/mol. The van der Waals surface area contributed by atoms with Crippen LogP contribution < -0.4 is 5.63 Å². The lowest BCUT2D eigenvalue weighted by Crippen LogP contribution is -2.00. The van der Waals surface area contributed by atoms with Crippen molar-refractivity contribution in [3.63, 3.8) is 0 Å². The third kappa shape index (κ3) is 2.71. The minimum Gasteiger partial charge on any atom is -0.508 e. The van der Waals surface area contributed by atoms with Gasteiger partial charge in [0.15, 0.2) is 0 Å². The Kier molecular flexibility index (Phi) is 4.14. The molecule has 0 saturated heterocycles. The Morgan fingerprint density at radius 3 is 2.55 bits per heavy atom. The lowest BCUT2D eigenvalue weighted by molar-refractivity contribution is 0.464. The molecule has 3 aromatic rings. The van der Waals surface area contributed by atoms with Gasteiger partial charge in [0.2, 0.25) is 0 Å². The topological polar surface area (TPSA) is 50.4 Å². The molecular weight excluding hydrogens is 276 g/mol. The third-order valence-electron chi connectivity index (χ3n) is 4.12. The van der Waals surface area contributed by atoms with E-state index in [1.807, 2.05) is 24.3 Å². The van der Waals surface area contributed by atoms with Crippen LogP contribution in [0.25, 0.3) is 21.7 Å². The van der Waals surface area contributed by atoms with Crippen LogP contribution in [0.5, 0.6) is 5.75 Å². The molecule has 0 aliphatic heterocycles. The third-order valence-corrected chi connectivity index (χ3v) is 4.12. The number of unbranched alkanes of at least 4 members (excludes halogenated alkanes) is 3. The second-order valence-electron chi connectivity index (χ2n) is 5.72. The number of aromatic hydroxyl groups is 1. The maximum atomic E-state index is 12.0. The van der Waals surface area contributed by atoms with Crippen LogP contribution in [0, 0.1) is 0 Å². The van der Waals surface area contributed by atoms with Gasteiger partial charge in [0.25, 0.3) is 0 Å². The van der Waals surface area contributed by atoms with Crippen molar-refractivity contribution in [2.24, 2.45) is 0 Å². The highest BCUT2D eigenvalue weighted by molar-refractivity contribution is 6.04. The van der Waals surface area contributed by atoms with Crippen LogP contribution in [-0.4, -0.2) is 5.11 Å². The first-order chi connectivity index (χ1) is 10.7. The SMILES string of the molecule is CCCCCCc1cc2c(cc1O)oc(=O)c1ccccc12. The van der Waals surface area contributed by atoms with Crippen LogP contribution in [0.2, 0.25) is 0 Å². The van der Waals surface area contributed by atoms with E-state index in [4.69, 9.17) is 4.42 Å². The van der Waals surface area contributed by atoms with Crippen LogP contribution in [0.15, 0.2) is 45.6 Å². The number of benzene rings is 2. The van der Waals surface area contributed by atoms with Crippen LogP contribution in [-0.2, 0) is 6.42 Å². The number of phenols is 1. The highest BCUT2D eigenvalue weighted by atomic mass is 16.4. The molecule has 0 aliphatic carbocycles. The molecule has 0 amide bonds. The van der Waals surface area contributed by atoms with Gasteiger partial charge in [0.05, 0.1) is 5.39 Å². The van der Waals surface area contributed by atoms with Gasteiger partial charge >= 0.3 is 5.63 Å². The smallest absolute Gasteiger partial charge is 0.344 e. The van der Waals surface area contributed by atoms with Crippen molar-refractivity contribution in [3.8, 4) is 5.75 Å². The maximum Gasteiger partial charge on any atom is 0.344 e. The molecule has 3 heteroatoms. The zero-order chi connectivity index (χ0) is 15.5. The maximum absolute atomic E-state index is 12.0. The molecule has 22 heavy (non-hydrogen) atoms. The van der Waals surface area contributed by atoms with Gasteiger partial charge in [-0.05, 0) is 35.9 Å². The summed E-state index contributed by atoms with van der Waals surface area (Å²) in [4.78, 5) is 12.0. The molecule has 0 aliphatic rings. The summed E-state index contributed by atoms with van der Waals surface area (Å²) in [5, 5.41) is 12.5. The zero-order valence-corrected chi connectivity index (χ0v) is 12.8. The molecule has 0 fully saturated rings. The Balaban J connectivity index is 2.09. The molecule has 3 rings (SSSR count). The van der Waals surface area contributed by atoms with Crippen LogP contribution in [0.4, 0.5) is 0 Å². The molecule has 0 radical (unpaired) electrons. The van der Waals surface area contributed by atoms with Crippen LogP contribution >= 0.6 is 0 Å². The molecule has 0 unspecified atom stereocenters. The zero-order valence-electron chi connectivity index (χ0n) is 12.8. The molecule has 0 atom stereocenters. The fourth-order valence-electron chi connectivity index (χ4n) is 2.90. The molecule has 3 nitrogen and oxygen atoms in total. The van der Waals surface area contributed by atoms with Gasteiger partial charge in [-0.25, -0.2) is 4.79 Å². The minimum atomic E-state index is -0.363. The van der Waals surface area contributed by atoms with Crippen LogP contribution in [0.1, 0.15) is 38.2 Å². The molecule has 114 valence electrons. The largest absolute Gasteiger partial charge is 0.508 e. The molecule has 0 saturated carbocycles. The van der Waals surface area contributed by atoms with Gasteiger partial charge in [-0.1, -0.05) is 44.4 Å². The van der Waals surface area contributed by atoms with E-state index in [1.165, 1.54) is 19.3 Å². The number of rotatable bonds is 5. The van der Waals surface area contributed by atoms with E-state index >= 15 is 0 Å². The molecule has 2 aromatic carbocycles. The second-order valence-corrected chi connectivity index (χ2v) is 5.72. The Morgan fingerprint density at radius 1 is 1.00 bits per heavy atom. The normalized spacial score (nSPS) is 11.3. The summed E-state index contributed by atoms with van der Waals surface area (Å²) >= 11 is 0. The van der Waals surface area contributed by atoms with Gasteiger partial charge in [-0.15, -0.1) is 0 Å². The van der Waals surface area contributed by atoms with Crippen molar-refractivity contribution in [2.45, 2.75) is 39.0 Å². The number of hydrogen-bond acceptors (Lipinski definition) is 3. The van der Waals surface area contributed by atoms with Crippen molar-refractivity contribution in [1.82, 2.24) is 0 Å². The van der Waals surface area contributed by atoms with Gasteiger partial charge in [-0.3, -0.25) is 0 Å². The van der Waals surface area contributed by atoms with Crippen molar-refractivity contribution in [1.29, 1.82) is 0 Å². The van der Waals surface area contributed by atoms with E-state index < -0.39 is 0 Å². The molecular formula is C19H20O3. The highest BCUT2D eigenvalue weighted by Crippen LogP contribution is 2.30. The average Bonchev–Trinajstić information content (AvgIpc) is 2.53. The Hall–Kier alpha value is -2.29. The second kappa shape index (κ2) is 6.22. The van der Waals surface area contributed by atoms with E-state index in [9.17, 15) is 9.90 Å². The standard InChI is InChI=1S/C19H20O3/c1-2-3-4-5-8-13-11-16-14-9-6-7-10-15(14)19(21)22-18(16)12-17(13)20/h6-7,9-12,20H,2-5,8H2,1H3. The van der Waals surface area contributed by atoms with E-state index in [1.54, 1.807) is 12.1 Å². The van der Waals surface area contributed by atoms with Crippen molar-refractivity contribution < 1.29 is 9.52 Å². The molecule has 0 spiro atoms. The summed E-state index contributed by atoms with van der Waals surface area (Å²) < 4.78 is 5.34. The van der Waals surface area contributed by atoms with E-state index in [0.29, 0.717) is 11.0 Å². The number of aryl methyl sites for hydroxylation is 1. The van der Waals surface area contributed by atoms with Crippen molar-refractivity contribution in [3.05, 3.63) is 52.4 Å². The lowest BCUT2D eigenvalue weighted by atomic mass is 10.0. The number of phenolic OH excluding ortho intramolecular Hbond substituents is 1. The minimum absolute atomic E-state index is 0.211. The Labute approximate surface area is 129 Å². The van der Waals surface area contributed by atoms with Gasteiger partial charge in [0, 0.05) is 11.5 Å². The van der Waals surface area contributed by atoms with E-state index in [0.717, 1.165) is 29.2 Å². The van der Waals surface area contributed by atoms with Gasteiger partial charge in [0.1, 0.15) is 11.3 Å². The van der Waals surface area contributed by atoms with Gasteiger partial charge in [-0.2, -0.15) is 0 Å². The first-order valence-corrected chi connectivity index (χ1v) is 7.88. The first-order valence-electron chi connectivity index (χ1n) is 7.88. The Bertz CT molecular complexity index is 862. The summed E-state index contributed by atoms with van der Waals surface area (Å²) in [6.45, 7) is 2.18. The molecule has 1 N–H and O–H groups in total. The molecule has 0 bridgehead atoms. The summed E-state index contributed by atoms with van der Waals surface area (Å²) in [5.74, 6) is 0.211. The summed E-state index contributed by atoms with van der Waals surface area (Å²) in [7, 11) is 0. The predicted octanol–water partition coefficient (Wildman–Crippen LogP) is 4.77. The quantitative estimate of drug-likeness (QED) is 0.419. The van der Waals surface area contributed by atoms with E-state index in [2.05, 4.69) is 6.92 Å². The van der Waals surface area contributed by atoms with Gasteiger partial charge < -0.3 is 9.52 Å². The number of hydrogen-bond donors (Lipinski definition) is 1. The fourth-order valence-corrected chi connectivity index (χ4v) is 2.90. The average molecular weight is 296 g/mol. The predicted molar refractivity (Wildman–Crippen MR) is 89.5 cm³/mol. The summed E-state index contributed by atoms with van der Waals surface area (Å²) in [6.07, 6.45) is 5.47. The van der Waals surface area contributed by atoms with Crippen molar-refractivity contribution in [2.75, 3.05) is 0 Å². The summed E-state index contributed by atoms with van der Waals surface area (Å²) in [6, 6.07) is 11.0. The van der Waals surface area contributed by atoms with Crippen LogP contribution in [0.3, 0.4) is 0 Å². The molecule has 1 heterocycles. The Morgan fingerprint density at radius 2 is 1.77 bits per heavy atom. The lowest BCUT2D eigenvalue weighted by Gasteiger charge is -2.08. The summed E-state index contributed by atoms with van der Waals surface area (Å²) in [5.41, 5.74) is 0.999. The highest BCUT2D eigenvalue weighted by Gasteiger charge is 2.11. The first kappa shape index (κ1) is 14.6. The fraction of sp³-hybridized carbons (Fsp3) is 0.316. The molecule has 1 aromatic heterocycles. The number of fused-ring (bicyclic) bond motifs is 3. The van der Waals surface area contributed by atoms with E-state index in [-0.39, 0.29) is 11.4 Å².